The highest BCUT2D eigenvalue weighted by Gasteiger charge is 2.37. The molecular weight excluding hydrogens is 496 g/mol. The van der Waals surface area contributed by atoms with Gasteiger partial charge in [-0.3, -0.25) is 9.59 Å². The monoisotopic (exact) mass is 518 g/mol. The van der Waals surface area contributed by atoms with Gasteiger partial charge < -0.3 is 14.6 Å². The third kappa shape index (κ3) is 5.60. The van der Waals surface area contributed by atoms with Gasteiger partial charge in [-0.2, -0.15) is 18.3 Å². The standard InChI is InChI=1S/C24H22F4N6O3/c1-13(32-19-12-31-33-22(35)20(19)24(26,27)28)4-3-6-34-7-5-14-8-17(18(25)9-16(14)23(34)36)21-29-10-15(37-2)11-30-21/h5,7-13H,3-4,6H2,1-2H3,(H2,32,33,35)/t13-/m0/s1. The average molecular weight is 518 g/mol. The topological polar surface area (TPSA) is 115 Å². The van der Waals surface area contributed by atoms with E-state index < -0.39 is 40.4 Å². The Morgan fingerprint density at radius 3 is 2.57 bits per heavy atom. The van der Waals surface area contributed by atoms with Crippen molar-refractivity contribution >= 4 is 16.5 Å². The van der Waals surface area contributed by atoms with Crippen LogP contribution in [0.1, 0.15) is 25.3 Å². The Morgan fingerprint density at radius 1 is 1.16 bits per heavy atom. The summed E-state index contributed by atoms with van der Waals surface area (Å²) in [4.78, 5) is 32.7. The van der Waals surface area contributed by atoms with Crippen molar-refractivity contribution in [1.82, 2.24) is 24.7 Å². The van der Waals surface area contributed by atoms with Crippen LogP contribution in [-0.2, 0) is 12.7 Å². The van der Waals surface area contributed by atoms with E-state index in [2.05, 4.69) is 20.4 Å². The molecule has 2 N–H and O–H groups in total. The Hall–Kier alpha value is -4.29. The number of H-pyrrole nitrogens is 1. The SMILES string of the molecule is COc1cnc(-c2cc3ccn(CCC[C@H](C)Nc4cn[nH]c(=O)c4C(F)(F)F)c(=O)c3cc2F)nc1. The third-order valence-electron chi connectivity index (χ3n) is 5.75. The predicted octanol–water partition coefficient (Wildman–Crippen LogP) is 3.99. The number of halogens is 4. The second kappa shape index (κ2) is 10.4. The number of nitrogens with one attached hydrogen (secondary N) is 2. The first-order valence-corrected chi connectivity index (χ1v) is 11.2. The molecule has 0 amide bonds. The van der Waals surface area contributed by atoms with Crippen molar-refractivity contribution < 1.29 is 22.3 Å². The number of rotatable bonds is 8. The number of fused-ring (bicyclic) bond motifs is 1. The molecule has 9 nitrogen and oxygen atoms in total. The molecule has 37 heavy (non-hydrogen) atoms. The number of benzene rings is 1. The van der Waals surface area contributed by atoms with Crippen LogP contribution < -0.4 is 21.2 Å². The van der Waals surface area contributed by atoms with Crippen molar-refractivity contribution in [2.24, 2.45) is 0 Å². The molecule has 13 heteroatoms. The van der Waals surface area contributed by atoms with E-state index >= 15 is 0 Å². The molecule has 194 valence electrons. The molecule has 0 aliphatic rings. The summed E-state index contributed by atoms with van der Waals surface area (Å²) in [6.07, 6.45) is 1.28. The van der Waals surface area contributed by atoms with Crippen molar-refractivity contribution in [1.29, 1.82) is 0 Å². The highest BCUT2D eigenvalue weighted by molar-refractivity contribution is 5.86. The second-order valence-electron chi connectivity index (χ2n) is 8.35. The molecule has 3 heterocycles. The lowest BCUT2D eigenvalue weighted by molar-refractivity contribution is -0.138. The zero-order chi connectivity index (χ0) is 26.7. The van der Waals surface area contributed by atoms with Crippen LogP contribution in [0.4, 0.5) is 23.2 Å². The highest BCUT2D eigenvalue weighted by atomic mass is 19.4. The van der Waals surface area contributed by atoms with Gasteiger partial charge in [0.05, 0.1) is 42.3 Å². The zero-order valence-electron chi connectivity index (χ0n) is 19.8. The van der Waals surface area contributed by atoms with Crippen LogP contribution >= 0.6 is 0 Å². The van der Waals surface area contributed by atoms with E-state index in [1.165, 1.54) is 30.1 Å². The molecule has 0 saturated carbocycles. The number of ether oxygens (including phenoxy) is 1. The van der Waals surface area contributed by atoms with Crippen molar-refractivity contribution in [2.75, 3.05) is 12.4 Å². The highest BCUT2D eigenvalue weighted by Crippen LogP contribution is 2.32. The molecule has 4 aromatic rings. The van der Waals surface area contributed by atoms with Crippen LogP contribution in [0.3, 0.4) is 0 Å². The lowest BCUT2D eigenvalue weighted by Gasteiger charge is -2.18. The number of anilines is 1. The number of hydrogen-bond acceptors (Lipinski definition) is 7. The maximum absolute atomic E-state index is 14.8. The fourth-order valence-electron chi connectivity index (χ4n) is 3.91. The van der Waals surface area contributed by atoms with Crippen LogP contribution in [0.2, 0.25) is 0 Å². The maximum Gasteiger partial charge on any atom is 0.423 e. The van der Waals surface area contributed by atoms with Crippen molar-refractivity contribution in [2.45, 2.75) is 38.5 Å². The molecule has 0 saturated heterocycles. The summed E-state index contributed by atoms with van der Waals surface area (Å²) >= 11 is 0. The van der Waals surface area contributed by atoms with Crippen LogP contribution in [0.15, 0.2) is 52.6 Å². The van der Waals surface area contributed by atoms with Gasteiger partial charge in [0.2, 0.25) is 0 Å². The van der Waals surface area contributed by atoms with E-state index in [4.69, 9.17) is 4.74 Å². The molecule has 0 aliphatic heterocycles. The first-order valence-electron chi connectivity index (χ1n) is 11.2. The van der Waals surface area contributed by atoms with Crippen molar-refractivity contribution in [3.8, 4) is 17.1 Å². The van der Waals surface area contributed by atoms with Crippen LogP contribution in [-0.4, -0.2) is 37.9 Å². The van der Waals surface area contributed by atoms with Gasteiger partial charge in [0.15, 0.2) is 11.6 Å². The van der Waals surface area contributed by atoms with E-state index in [0.717, 1.165) is 12.3 Å². The number of pyridine rings is 1. The average Bonchev–Trinajstić information content (AvgIpc) is 2.85. The summed E-state index contributed by atoms with van der Waals surface area (Å²) in [5, 5.41) is 8.56. The number of nitrogens with zero attached hydrogens (tertiary/aromatic N) is 4. The molecule has 0 spiro atoms. The van der Waals surface area contributed by atoms with E-state index in [9.17, 15) is 27.2 Å². The molecule has 0 radical (unpaired) electrons. The fourth-order valence-corrected chi connectivity index (χ4v) is 3.91. The number of methoxy groups -OCH3 is 1. The molecule has 0 unspecified atom stereocenters. The first-order chi connectivity index (χ1) is 17.6. The van der Waals surface area contributed by atoms with Gasteiger partial charge >= 0.3 is 6.18 Å². The lowest BCUT2D eigenvalue weighted by Crippen LogP contribution is -2.27. The van der Waals surface area contributed by atoms with E-state index in [0.29, 0.717) is 24.0 Å². The van der Waals surface area contributed by atoms with E-state index in [-0.39, 0.29) is 23.3 Å². The molecular formula is C24H22F4N6O3. The van der Waals surface area contributed by atoms with Gasteiger partial charge in [-0.1, -0.05) is 0 Å². The second-order valence-corrected chi connectivity index (χ2v) is 8.35. The molecule has 0 bridgehead atoms. The number of aryl methyl sites for hydroxylation is 1. The van der Waals surface area contributed by atoms with Crippen LogP contribution in [0.5, 0.6) is 5.75 Å². The Bertz CT molecular complexity index is 1530. The Kier molecular flexibility index (Phi) is 7.23. The van der Waals surface area contributed by atoms with Crippen LogP contribution in [0.25, 0.3) is 22.2 Å². The van der Waals surface area contributed by atoms with Gasteiger partial charge in [0.25, 0.3) is 11.1 Å². The lowest BCUT2D eigenvalue weighted by atomic mass is 10.1. The molecule has 0 fully saturated rings. The largest absolute Gasteiger partial charge is 0.494 e. The first kappa shape index (κ1) is 25.8. The van der Waals surface area contributed by atoms with Crippen molar-refractivity contribution in [3.63, 3.8) is 0 Å². The quantitative estimate of drug-likeness (QED) is 0.339. The smallest absolute Gasteiger partial charge is 0.423 e. The maximum atomic E-state index is 14.8. The number of hydrogen-bond donors (Lipinski definition) is 2. The number of aromatic nitrogens is 5. The summed E-state index contributed by atoms with van der Waals surface area (Å²) in [6.45, 7) is 1.91. The Morgan fingerprint density at radius 2 is 1.89 bits per heavy atom. The predicted molar refractivity (Wildman–Crippen MR) is 128 cm³/mol. The fraction of sp³-hybridized carbons (Fsp3) is 0.292. The zero-order valence-corrected chi connectivity index (χ0v) is 19.8. The van der Waals surface area contributed by atoms with Gasteiger partial charge in [0, 0.05) is 18.8 Å². The summed E-state index contributed by atoms with van der Waals surface area (Å²) in [5.74, 6) is -0.0836. The summed E-state index contributed by atoms with van der Waals surface area (Å²) < 4.78 is 60.9. The summed E-state index contributed by atoms with van der Waals surface area (Å²) in [6, 6.07) is 3.85. The van der Waals surface area contributed by atoms with Gasteiger partial charge in [0.1, 0.15) is 11.4 Å². The molecule has 1 aromatic carbocycles. The van der Waals surface area contributed by atoms with Crippen molar-refractivity contribution in [3.05, 3.63) is 75.1 Å². The normalized spacial score (nSPS) is 12.5. The molecule has 3 aromatic heterocycles. The minimum atomic E-state index is -4.84. The van der Waals surface area contributed by atoms with Gasteiger partial charge in [-0.15, -0.1) is 0 Å². The summed E-state index contributed by atoms with van der Waals surface area (Å²) in [5.41, 5.74) is -3.36. The van der Waals surface area contributed by atoms with Gasteiger partial charge in [-0.05, 0) is 43.4 Å². The van der Waals surface area contributed by atoms with E-state index in [1.54, 1.807) is 24.3 Å². The minimum absolute atomic E-state index is 0.139. The minimum Gasteiger partial charge on any atom is -0.494 e. The van der Waals surface area contributed by atoms with Gasteiger partial charge in [-0.25, -0.2) is 19.5 Å². The van der Waals surface area contributed by atoms with Crippen LogP contribution in [0, 0.1) is 5.82 Å². The Balaban J connectivity index is 1.47. The third-order valence-corrected chi connectivity index (χ3v) is 5.75. The Labute approximate surface area is 207 Å². The molecule has 4 rings (SSSR count). The molecule has 1 atom stereocenters. The summed E-state index contributed by atoms with van der Waals surface area (Å²) in [7, 11) is 1.46. The van der Waals surface area contributed by atoms with E-state index in [1.807, 2.05) is 0 Å². The number of alkyl halides is 3. The molecule has 0 aliphatic carbocycles. The number of aromatic amines is 1.